The Morgan fingerprint density at radius 2 is 2.19 bits per heavy atom. The van der Waals surface area contributed by atoms with Crippen molar-refractivity contribution in [3.63, 3.8) is 0 Å². The van der Waals surface area contributed by atoms with Gasteiger partial charge in [-0.2, -0.15) is 0 Å². The van der Waals surface area contributed by atoms with Crippen molar-refractivity contribution in [3.8, 4) is 5.75 Å². The quantitative estimate of drug-likeness (QED) is 0.542. The zero-order valence-corrected chi connectivity index (χ0v) is 15.8. The van der Waals surface area contributed by atoms with Crippen molar-refractivity contribution in [1.82, 2.24) is 9.88 Å². The van der Waals surface area contributed by atoms with Gasteiger partial charge in [-0.25, -0.2) is 0 Å². The smallest absolute Gasteiger partial charge is 0.238 e. The summed E-state index contributed by atoms with van der Waals surface area (Å²) in [6, 6.07) is 14.5. The number of benzene rings is 2. The Labute approximate surface area is 158 Å². The van der Waals surface area contributed by atoms with Gasteiger partial charge in [0.05, 0.1) is 6.04 Å². The Hall–Kier alpha value is -2.03. The van der Waals surface area contributed by atoms with Gasteiger partial charge in [0.25, 0.3) is 0 Å². The molecule has 0 spiro atoms. The lowest BCUT2D eigenvalue weighted by molar-refractivity contribution is -0.130. The summed E-state index contributed by atoms with van der Waals surface area (Å²) in [5, 5.41) is 2.49. The van der Waals surface area contributed by atoms with Gasteiger partial charge >= 0.3 is 0 Å². The first kappa shape index (κ1) is 16.2. The number of para-hydroxylation sites is 1. The number of hydrogen-bond acceptors (Lipinski definition) is 2. The summed E-state index contributed by atoms with van der Waals surface area (Å²) >= 11 is 5.92. The molecule has 0 bridgehead atoms. The van der Waals surface area contributed by atoms with Crippen LogP contribution in [-0.4, -0.2) is 34.6 Å². The molecule has 3 heterocycles. The van der Waals surface area contributed by atoms with Crippen LogP contribution >= 0.6 is 20.2 Å². The lowest BCUT2D eigenvalue weighted by Crippen LogP contribution is -2.41. The summed E-state index contributed by atoms with van der Waals surface area (Å²) in [4.78, 5) is 18.0. The monoisotopic (exact) mass is 384 g/mol. The van der Waals surface area contributed by atoms with Crippen LogP contribution in [0.1, 0.15) is 22.9 Å². The van der Waals surface area contributed by atoms with E-state index in [0.29, 0.717) is 15.1 Å². The zero-order chi connectivity index (χ0) is 17.7. The highest BCUT2D eigenvalue weighted by Gasteiger charge is 2.34. The first-order valence-corrected chi connectivity index (χ1v) is 10.5. The lowest BCUT2D eigenvalue weighted by atomic mass is 9.92. The highest BCUT2D eigenvalue weighted by atomic mass is 35.5. The fourth-order valence-electron chi connectivity index (χ4n) is 4.11. The third-order valence-corrected chi connectivity index (χ3v) is 6.57. The standard InChI is InChI=1S/C20H18ClN2O2P/c21-10-18(24)23-8-7-14-13-3-1-2-4-15(13)22-19(14)20(23)12-5-6-16-17(9-12)26-11-25-16/h1-6,9,20,22,26H,7-8,10-11H2/t20-/m1/s1. The fourth-order valence-corrected chi connectivity index (χ4v) is 5.24. The largest absolute Gasteiger partial charge is 0.488 e. The number of ether oxygens (including phenoxy) is 1. The molecule has 0 fully saturated rings. The van der Waals surface area contributed by atoms with Crippen LogP contribution in [0.3, 0.4) is 0 Å². The first-order valence-electron chi connectivity index (χ1n) is 8.72. The fraction of sp³-hybridized carbons (Fsp3) is 0.250. The highest BCUT2D eigenvalue weighted by molar-refractivity contribution is 7.47. The van der Waals surface area contributed by atoms with Crippen LogP contribution in [0.2, 0.25) is 0 Å². The van der Waals surface area contributed by atoms with Gasteiger partial charge in [0.15, 0.2) is 0 Å². The molecule has 2 aliphatic rings. The predicted octanol–water partition coefficient (Wildman–Crippen LogP) is 3.53. The second-order valence-electron chi connectivity index (χ2n) is 6.66. The number of carbonyl (C=O) groups is 1. The van der Waals surface area contributed by atoms with E-state index < -0.39 is 0 Å². The zero-order valence-electron chi connectivity index (χ0n) is 14.1. The Bertz CT molecular complexity index is 1020. The van der Waals surface area contributed by atoms with E-state index in [1.54, 1.807) is 0 Å². The maximum absolute atomic E-state index is 12.6. The molecule has 0 radical (unpaired) electrons. The van der Waals surface area contributed by atoms with Crippen molar-refractivity contribution in [2.75, 3.05) is 18.8 Å². The third kappa shape index (κ3) is 2.44. The molecular formula is C20H18ClN2O2P. The normalized spacial score (nSPS) is 19.4. The average Bonchev–Trinajstić information content (AvgIpc) is 3.30. The van der Waals surface area contributed by atoms with E-state index in [9.17, 15) is 4.79 Å². The van der Waals surface area contributed by atoms with Gasteiger partial charge in [0, 0.05) is 28.4 Å². The van der Waals surface area contributed by atoms with Gasteiger partial charge in [0.2, 0.25) is 5.91 Å². The summed E-state index contributed by atoms with van der Waals surface area (Å²) in [5.41, 5.74) is 4.66. The minimum Gasteiger partial charge on any atom is -0.488 e. The van der Waals surface area contributed by atoms with Crippen LogP contribution in [0.15, 0.2) is 42.5 Å². The molecule has 0 aliphatic carbocycles. The minimum atomic E-state index is -0.131. The molecule has 6 heteroatoms. The summed E-state index contributed by atoms with van der Waals surface area (Å²) in [5.74, 6) is 0.942. The molecule has 1 unspecified atom stereocenters. The van der Waals surface area contributed by atoms with Crippen LogP contribution in [0, 0.1) is 0 Å². The molecule has 1 amide bonds. The molecule has 0 saturated carbocycles. The third-order valence-electron chi connectivity index (χ3n) is 5.28. The van der Waals surface area contributed by atoms with Crippen molar-refractivity contribution in [3.05, 3.63) is 59.3 Å². The Morgan fingerprint density at radius 3 is 3.08 bits per heavy atom. The molecule has 132 valence electrons. The van der Waals surface area contributed by atoms with Crippen LogP contribution < -0.4 is 10.0 Å². The topological polar surface area (TPSA) is 45.3 Å². The number of alkyl halides is 1. The lowest BCUT2D eigenvalue weighted by Gasteiger charge is -2.36. The van der Waals surface area contributed by atoms with Crippen LogP contribution in [0.4, 0.5) is 0 Å². The maximum atomic E-state index is 12.6. The van der Waals surface area contributed by atoms with Crippen molar-refractivity contribution in [2.45, 2.75) is 12.5 Å². The second kappa shape index (κ2) is 6.29. The average molecular weight is 385 g/mol. The predicted molar refractivity (Wildman–Crippen MR) is 106 cm³/mol. The van der Waals surface area contributed by atoms with Crippen LogP contribution in [-0.2, 0) is 11.2 Å². The summed E-state index contributed by atoms with van der Waals surface area (Å²) in [6.07, 6.45) is 1.60. The second-order valence-corrected chi connectivity index (χ2v) is 8.11. The molecule has 5 rings (SSSR count). The van der Waals surface area contributed by atoms with Gasteiger partial charge in [-0.3, -0.25) is 4.79 Å². The van der Waals surface area contributed by atoms with E-state index in [1.165, 1.54) is 16.3 Å². The van der Waals surface area contributed by atoms with Crippen molar-refractivity contribution in [2.24, 2.45) is 0 Å². The molecule has 2 aromatic carbocycles. The summed E-state index contributed by atoms with van der Waals surface area (Å²) < 4.78 is 5.66. The summed E-state index contributed by atoms with van der Waals surface area (Å²) in [6.45, 7) is 0.681. The van der Waals surface area contributed by atoms with Crippen LogP contribution in [0.25, 0.3) is 10.9 Å². The van der Waals surface area contributed by atoms with E-state index in [0.717, 1.165) is 35.3 Å². The van der Waals surface area contributed by atoms with Gasteiger partial charge in [-0.1, -0.05) is 24.3 Å². The SMILES string of the molecule is O=C(CCl)N1CCc2c([nH]c3ccccc23)[C@H]1c1ccc2c(c1)PCO2. The van der Waals surface area contributed by atoms with Crippen LogP contribution in [0.5, 0.6) is 5.75 Å². The molecule has 4 nitrogen and oxygen atoms in total. The molecule has 1 N–H and O–H groups in total. The number of nitrogens with one attached hydrogen (secondary N) is 1. The van der Waals surface area contributed by atoms with E-state index in [-0.39, 0.29) is 17.8 Å². The molecule has 2 atom stereocenters. The molecule has 0 saturated heterocycles. The number of H-pyrrole nitrogens is 1. The first-order chi connectivity index (χ1) is 12.8. The summed E-state index contributed by atoms with van der Waals surface area (Å²) in [7, 11) is 0.659. The Balaban J connectivity index is 1.69. The maximum Gasteiger partial charge on any atom is 0.238 e. The number of amides is 1. The number of carbonyl (C=O) groups excluding carboxylic acids is 1. The van der Waals surface area contributed by atoms with Gasteiger partial charge in [-0.15, -0.1) is 11.6 Å². The van der Waals surface area contributed by atoms with E-state index in [1.807, 2.05) is 17.0 Å². The number of hydrogen-bond donors (Lipinski definition) is 1. The number of fused-ring (bicyclic) bond motifs is 4. The van der Waals surface area contributed by atoms with E-state index >= 15 is 0 Å². The number of rotatable bonds is 2. The van der Waals surface area contributed by atoms with Crippen molar-refractivity contribution >= 4 is 42.3 Å². The van der Waals surface area contributed by atoms with Crippen molar-refractivity contribution in [1.29, 1.82) is 0 Å². The molecule has 3 aromatic rings. The number of aromatic amines is 1. The van der Waals surface area contributed by atoms with Gasteiger partial charge in [0.1, 0.15) is 18.0 Å². The Morgan fingerprint density at radius 1 is 1.31 bits per heavy atom. The van der Waals surface area contributed by atoms with E-state index in [2.05, 4.69) is 35.3 Å². The number of nitrogens with zero attached hydrogens (tertiary/aromatic N) is 1. The molecular weight excluding hydrogens is 367 g/mol. The highest BCUT2D eigenvalue weighted by Crippen LogP contribution is 2.40. The van der Waals surface area contributed by atoms with E-state index in [4.69, 9.17) is 16.3 Å². The Kier molecular flexibility index (Phi) is 3.91. The minimum absolute atomic E-state index is 0.00185. The number of aromatic nitrogens is 1. The van der Waals surface area contributed by atoms with Gasteiger partial charge in [-0.05, 0) is 44.3 Å². The van der Waals surface area contributed by atoms with Crippen molar-refractivity contribution < 1.29 is 9.53 Å². The number of halogens is 1. The molecule has 2 aliphatic heterocycles. The molecule has 26 heavy (non-hydrogen) atoms. The van der Waals surface area contributed by atoms with Gasteiger partial charge < -0.3 is 14.6 Å². The molecule has 1 aromatic heterocycles.